The Morgan fingerprint density at radius 1 is 0.765 bits per heavy atom. The van der Waals surface area contributed by atoms with Gasteiger partial charge in [0.05, 0.1) is 0 Å². The molecule has 0 bridgehead atoms. The van der Waals surface area contributed by atoms with E-state index < -0.39 is 0 Å². The second-order valence-electron chi connectivity index (χ2n) is 7.06. The highest BCUT2D eigenvalue weighted by Gasteiger charge is 2.36. The summed E-state index contributed by atoms with van der Waals surface area (Å²) >= 11 is 0. The number of nitrogens with one attached hydrogen (secondary N) is 1. The molecule has 1 heterocycles. The van der Waals surface area contributed by atoms with Crippen molar-refractivity contribution in [2.45, 2.75) is 70.8 Å². The fourth-order valence-electron chi connectivity index (χ4n) is 4.70. The average molecular weight is 235 g/mol. The van der Waals surface area contributed by atoms with Crippen LogP contribution in [0.2, 0.25) is 0 Å². The van der Waals surface area contributed by atoms with E-state index >= 15 is 0 Å². The Bertz CT molecular complexity index is 242. The van der Waals surface area contributed by atoms with E-state index in [4.69, 9.17) is 0 Å². The van der Waals surface area contributed by atoms with Gasteiger partial charge in [0.15, 0.2) is 0 Å². The van der Waals surface area contributed by atoms with Crippen LogP contribution in [-0.4, -0.2) is 12.6 Å². The van der Waals surface area contributed by atoms with Crippen molar-refractivity contribution >= 4 is 0 Å². The van der Waals surface area contributed by atoms with Gasteiger partial charge in [-0.25, -0.2) is 0 Å². The molecule has 3 aliphatic rings. The number of fused-ring (bicyclic) bond motifs is 1. The van der Waals surface area contributed by atoms with E-state index in [-0.39, 0.29) is 0 Å². The van der Waals surface area contributed by atoms with E-state index in [0.717, 1.165) is 29.7 Å². The van der Waals surface area contributed by atoms with Gasteiger partial charge in [0.25, 0.3) is 0 Å². The first-order valence-electron chi connectivity index (χ1n) is 8.06. The summed E-state index contributed by atoms with van der Waals surface area (Å²) in [6.07, 6.45) is 13.6. The van der Waals surface area contributed by atoms with Crippen molar-refractivity contribution in [3.63, 3.8) is 0 Å². The summed E-state index contributed by atoms with van der Waals surface area (Å²) in [7, 11) is 0. The van der Waals surface area contributed by atoms with Crippen LogP contribution in [-0.2, 0) is 0 Å². The molecule has 1 nitrogen and oxygen atoms in total. The maximum Gasteiger partial charge on any atom is 0.00980 e. The Labute approximate surface area is 107 Å². The highest BCUT2D eigenvalue weighted by Crippen LogP contribution is 2.42. The monoisotopic (exact) mass is 235 g/mol. The molecule has 2 saturated carbocycles. The van der Waals surface area contributed by atoms with Crippen molar-refractivity contribution in [2.24, 2.45) is 23.7 Å². The van der Waals surface area contributed by atoms with Crippen molar-refractivity contribution in [3.05, 3.63) is 0 Å². The van der Waals surface area contributed by atoms with Gasteiger partial charge in [0, 0.05) is 6.04 Å². The summed E-state index contributed by atoms with van der Waals surface area (Å²) in [6, 6.07) is 0.891. The minimum absolute atomic E-state index is 0.891. The van der Waals surface area contributed by atoms with Gasteiger partial charge in [-0.05, 0) is 75.2 Å². The van der Waals surface area contributed by atoms with Crippen LogP contribution in [0.15, 0.2) is 0 Å². The number of hydrogen-bond acceptors (Lipinski definition) is 1. The van der Waals surface area contributed by atoms with Gasteiger partial charge in [0.1, 0.15) is 0 Å². The lowest BCUT2D eigenvalue weighted by atomic mass is 9.66. The number of piperidine rings is 1. The predicted molar refractivity (Wildman–Crippen MR) is 73.0 cm³/mol. The first kappa shape index (κ1) is 12.0. The Morgan fingerprint density at radius 2 is 1.47 bits per heavy atom. The first-order chi connectivity index (χ1) is 8.33. The minimum Gasteiger partial charge on any atom is -0.314 e. The zero-order valence-electron chi connectivity index (χ0n) is 11.5. The summed E-state index contributed by atoms with van der Waals surface area (Å²) in [5.41, 5.74) is 0. The van der Waals surface area contributed by atoms with Crippen LogP contribution >= 0.6 is 0 Å². The van der Waals surface area contributed by atoms with Crippen molar-refractivity contribution < 1.29 is 0 Å². The molecule has 3 rings (SSSR count). The minimum atomic E-state index is 0.891. The lowest BCUT2D eigenvalue weighted by Crippen LogP contribution is -2.46. The molecular formula is C16H29N. The summed E-state index contributed by atoms with van der Waals surface area (Å²) in [5.74, 6) is 4.18. The molecule has 0 aromatic heterocycles. The zero-order chi connectivity index (χ0) is 11.7. The number of rotatable bonds is 1. The summed E-state index contributed by atoms with van der Waals surface area (Å²) in [5, 5.41) is 3.80. The Morgan fingerprint density at radius 3 is 2.29 bits per heavy atom. The first-order valence-corrected chi connectivity index (χ1v) is 8.06. The molecule has 1 aliphatic heterocycles. The van der Waals surface area contributed by atoms with E-state index in [1.54, 1.807) is 6.42 Å². The van der Waals surface area contributed by atoms with Crippen LogP contribution in [0.5, 0.6) is 0 Å². The molecule has 3 fully saturated rings. The molecular weight excluding hydrogens is 206 g/mol. The van der Waals surface area contributed by atoms with Gasteiger partial charge < -0.3 is 5.32 Å². The molecule has 2 aliphatic carbocycles. The summed E-state index contributed by atoms with van der Waals surface area (Å²) in [4.78, 5) is 0. The van der Waals surface area contributed by atoms with E-state index in [9.17, 15) is 0 Å². The third kappa shape index (κ3) is 2.70. The van der Waals surface area contributed by atoms with Crippen LogP contribution in [0.25, 0.3) is 0 Å². The molecule has 0 aromatic carbocycles. The fraction of sp³-hybridized carbons (Fsp3) is 1.00. The van der Waals surface area contributed by atoms with E-state index in [1.165, 1.54) is 57.9 Å². The fourth-order valence-corrected chi connectivity index (χ4v) is 4.70. The maximum absolute atomic E-state index is 3.80. The molecule has 3 unspecified atom stereocenters. The van der Waals surface area contributed by atoms with Gasteiger partial charge >= 0.3 is 0 Å². The molecule has 1 N–H and O–H groups in total. The maximum atomic E-state index is 3.80. The van der Waals surface area contributed by atoms with Crippen molar-refractivity contribution in [3.8, 4) is 0 Å². The molecule has 17 heavy (non-hydrogen) atoms. The molecule has 1 heteroatoms. The van der Waals surface area contributed by atoms with Gasteiger partial charge in [-0.1, -0.05) is 19.8 Å². The third-order valence-corrected chi connectivity index (χ3v) is 5.92. The summed E-state index contributed by atoms with van der Waals surface area (Å²) < 4.78 is 0. The zero-order valence-corrected chi connectivity index (χ0v) is 11.5. The molecule has 98 valence electrons. The topological polar surface area (TPSA) is 12.0 Å². The van der Waals surface area contributed by atoms with Crippen LogP contribution in [0, 0.1) is 23.7 Å². The smallest absolute Gasteiger partial charge is 0.00980 e. The molecule has 1 saturated heterocycles. The van der Waals surface area contributed by atoms with Crippen molar-refractivity contribution in [1.82, 2.24) is 5.32 Å². The predicted octanol–water partition coefficient (Wildman–Crippen LogP) is 3.98. The van der Waals surface area contributed by atoms with Gasteiger partial charge in [0.2, 0.25) is 0 Å². The Hall–Kier alpha value is -0.0400. The highest BCUT2D eigenvalue weighted by molar-refractivity contribution is 4.90. The molecule has 0 radical (unpaired) electrons. The normalized spacial score (nSPS) is 47.5. The molecule has 0 amide bonds. The second kappa shape index (κ2) is 5.30. The van der Waals surface area contributed by atoms with Crippen LogP contribution in [0.3, 0.4) is 0 Å². The Kier molecular flexibility index (Phi) is 3.75. The Balaban J connectivity index is 1.54. The molecule has 0 aromatic rings. The third-order valence-electron chi connectivity index (χ3n) is 5.92. The van der Waals surface area contributed by atoms with Gasteiger partial charge in [-0.15, -0.1) is 0 Å². The summed E-state index contributed by atoms with van der Waals surface area (Å²) in [6.45, 7) is 3.73. The van der Waals surface area contributed by atoms with Gasteiger partial charge in [-0.2, -0.15) is 0 Å². The SMILES string of the molecule is CC1CCC(C2CCC3CCCNC3C2)CC1. The standard InChI is InChI=1S/C16H29N/c1-12-4-6-13(7-5-12)15-9-8-14-3-2-10-17-16(14)11-15/h12-17H,2-11H2,1H3. The lowest BCUT2D eigenvalue weighted by molar-refractivity contribution is 0.105. The van der Waals surface area contributed by atoms with Crippen LogP contribution in [0.4, 0.5) is 0 Å². The number of hydrogen-bond donors (Lipinski definition) is 1. The van der Waals surface area contributed by atoms with Crippen molar-refractivity contribution in [2.75, 3.05) is 6.54 Å². The lowest BCUT2D eigenvalue weighted by Gasteiger charge is -2.43. The highest BCUT2D eigenvalue weighted by atomic mass is 14.9. The molecule has 3 atom stereocenters. The quantitative estimate of drug-likeness (QED) is 0.725. The van der Waals surface area contributed by atoms with Gasteiger partial charge in [-0.3, -0.25) is 0 Å². The average Bonchev–Trinajstić information content (AvgIpc) is 2.39. The van der Waals surface area contributed by atoms with E-state index in [1.807, 2.05) is 0 Å². The van der Waals surface area contributed by atoms with E-state index in [0.29, 0.717) is 0 Å². The second-order valence-corrected chi connectivity index (χ2v) is 7.06. The van der Waals surface area contributed by atoms with Crippen LogP contribution in [0.1, 0.15) is 64.7 Å². The van der Waals surface area contributed by atoms with Crippen LogP contribution < -0.4 is 5.32 Å². The molecule has 0 spiro atoms. The van der Waals surface area contributed by atoms with E-state index in [2.05, 4.69) is 12.2 Å². The van der Waals surface area contributed by atoms with Crippen molar-refractivity contribution in [1.29, 1.82) is 0 Å². The largest absolute Gasteiger partial charge is 0.314 e.